The van der Waals surface area contributed by atoms with E-state index in [0.29, 0.717) is 16.8 Å². The Morgan fingerprint density at radius 1 is 0.931 bits per heavy atom. The van der Waals surface area contributed by atoms with Crippen molar-refractivity contribution in [1.29, 1.82) is 0 Å². The van der Waals surface area contributed by atoms with Gasteiger partial charge in [-0.15, -0.1) is 0 Å². The molecule has 0 saturated heterocycles. The summed E-state index contributed by atoms with van der Waals surface area (Å²) in [5.41, 5.74) is 11.5. The Labute approximate surface area is 174 Å². The zero-order valence-corrected chi connectivity index (χ0v) is 17.1. The summed E-state index contributed by atoms with van der Waals surface area (Å²) in [6, 6.07) is 24.6. The first-order valence-corrected chi connectivity index (χ1v) is 10.1. The van der Waals surface area contributed by atoms with Crippen molar-refractivity contribution in [3.05, 3.63) is 83.4 Å². The first-order valence-electron chi connectivity index (χ1n) is 9.69. The molecule has 0 bridgehead atoms. The van der Waals surface area contributed by atoms with Crippen LogP contribution in [0, 0.1) is 0 Å². The maximum Gasteiger partial charge on any atom is 0.207 e. The number of imidazole rings is 1. The van der Waals surface area contributed by atoms with E-state index in [-0.39, 0.29) is 0 Å². The van der Waals surface area contributed by atoms with E-state index in [1.54, 1.807) is 0 Å². The zero-order chi connectivity index (χ0) is 20.1. The van der Waals surface area contributed by atoms with Crippen LogP contribution < -0.4 is 5.73 Å². The normalized spacial score (nSPS) is 12.6. The second kappa shape index (κ2) is 6.71. The fraction of sp³-hybridized carbons (Fsp3) is 0.0870. The quantitative estimate of drug-likeness (QED) is 0.439. The average molecular weight is 399 g/mol. The van der Waals surface area contributed by atoms with E-state index in [9.17, 15) is 0 Å². The van der Waals surface area contributed by atoms with Gasteiger partial charge in [0.25, 0.3) is 0 Å². The lowest BCUT2D eigenvalue weighted by molar-refractivity contribution is 0.973. The number of para-hydroxylation sites is 3. The number of hydrogen-bond acceptors (Lipinski definition) is 2. The first kappa shape index (κ1) is 17.9. The molecule has 0 aliphatic heterocycles. The molecular formula is C23H20BClN4. The Hall–Kier alpha value is -3.18. The van der Waals surface area contributed by atoms with Gasteiger partial charge in [-0.25, -0.2) is 4.98 Å². The standard InChI is InChI=1S/C23H20BClN4/c1-14(24)15-11-12-17-20(13-15)28(16-7-3-2-4-8-16)22(21(17)25)29-19-10-6-5-9-18(19)27-23(29)26/h2-14H,24H2,1H3,(H2,26,27). The van der Waals surface area contributed by atoms with Gasteiger partial charge in [-0.3, -0.25) is 9.13 Å². The van der Waals surface area contributed by atoms with Crippen LogP contribution in [0.2, 0.25) is 5.02 Å². The van der Waals surface area contributed by atoms with Crippen molar-refractivity contribution in [1.82, 2.24) is 14.1 Å². The molecule has 0 radical (unpaired) electrons. The Morgan fingerprint density at radius 2 is 1.66 bits per heavy atom. The Balaban J connectivity index is 1.95. The molecule has 1 atom stereocenters. The summed E-state index contributed by atoms with van der Waals surface area (Å²) in [5, 5.41) is 1.65. The number of halogens is 1. The number of benzene rings is 3. The largest absolute Gasteiger partial charge is 0.369 e. The van der Waals surface area contributed by atoms with E-state index in [2.05, 4.69) is 54.7 Å². The molecule has 29 heavy (non-hydrogen) atoms. The van der Waals surface area contributed by atoms with Crippen LogP contribution in [0.3, 0.4) is 0 Å². The van der Waals surface area contributed by atoms with Gasteiger partial charge in [-0.1, -0.05) is 66.6 Å². The maximum absolute atomic E-state index is 6.98. The van der Waals surface area contributed by atoms with Crippen LogP contribution in [0.5, 0.6) is 0 Å². The zero-order valence-electron chi connectivity index (χ0n) is 16.3. The molecule has 6 heteroatoms. The van der Waals surface area contributed by atoms with Crippen LogP contribution in [0.25, 0.3) is 33.4 Å². The average Bonchev–Trinajstić information content (AvgIpc) is 3.21. The number of rotatable bonds is 3. The molecule has 1 unspecified atom stereocenters. The molecule has 2 N–H and O–H groups in total. The van der Waals surface area contributed by atoms with Crippen molar-refractivity contribution in [2.75, 3.05) is 5.73 Å². The van der Waals surface area contributed by atoms with E-state index in [1.165, 1.54) is 5.56 Å². The second-order valence-electron chi connectivity index (χ2n) is 7.53. The lowest BCUT2D eigenvalue weighted by Gasteiger charge is -2.14. The van der Waals surface area contributed by atoms with Gasteiger partial charge in [0.05, 0.1) is 21.6 Å². The van der Waals surface area contributed by atoms with E-state index in [1.807, 2.05) is 47.0 Å². The van der Waals surface area contributed by atoms with Gasteiger partial charge in [-0.2, -0.15) is 0 Å². The summed E-state index contributed by atoms with van der Waals surface area (Å²) in [7, 11) is 2.20. The maximum atomic E-state index is 6.98. The molecule has 0 aliphatic carbocycles. The monoisotopic (exact) mass is 398 g/mol. The van der Waals surface area contributed by atoms with Crippen molar-refractivity contribution >= 4 is 47.3 Å². The highest BCUT2D eigenvalue weighted by Crippen LogP contribution is 2.39. The number of aromatic nitrogens is 3. The summed E-state index contributed by atoms with van der Waals surface area (Å²) in [6.45, 7) is 2.20. The fourth-order valence-corrected chi connectivity index (χ4v) is 4.24. The topological polar surface area (TPSA) is 48.8 Å². The molecule has 142 valence electrons. The van der Waals surface area contributed by atoms with Crippen LogP contribution in [-0.4, -0.2) is 22.0 Å². The minimum atomic E-state index is 0.414. The molecule has 2 aromatic heterocycles. The summed E-state index contributed by atoms with van der Waals surface area (Å²) in [4.78, 5) is 4.55. The third-order valence-electron chi connectivity index (χ3n) is 5.39. The van der Waals surface area contributed by atoms with Crippen molar-refractivity contribution in [2.24, 2.45) is 0 Å². The third-order valence-corrected chi connectivity index (χ3v) is 5.76. The highest BCUT2D eigenvalue weighted by Gasteiger charge is 2.23. The van der Waals surface area contributed by atoms with Gasteiger partial charge >= 0.3 is 0 Å². The number of nitrogen functional groups attached to an aromatic ring is 1. The van der Waals surface area contributed by atoms with Gasteiger partial charge < -0.3 is 5.73 Å². The minimum absolute atomic E-state index is 0.414. The third kappa shape index (κ3) is 2.73. The smallest absolute Gasteiger partial charge is 0.207 e. The van der Waals surface area contributed by atoms with Gasteiger partial charge in [0, 0.05) is 11.1 Å². The van der Waals surface area contributed by atoms with E-state index in [0.717, 1.165) is 33.4 Å². The van der Waals surface area contributed by atoms with Crippen LogP contribution in [0.15, 0.2) is 72.8 Å². The predicted octanol–water partition coefficient (Wildman–Crippen LogP) is 4.90. The summed E-state index contributed by atoms with van der Waals surface area (Å²) in [5.74, 6) is 1.64. The van der Waals surface area contributed by atoms with Crippen molar-refractivity contribution in [3.8, 4) is 11.5 Å². The summed E-state index contributed by atoms with van der Waals surface area (Å²) in [6.07, 6.45) is 0. The highest BCUT2D eigenvalue weighted by molar-refractivity contribution is 6.38. The minimum Gasteiger partial charge on any atom is -0.369 e. The molecule has 4 nitrogen and oxygen atoms in total. The van der Waals surface area contributed by atoms with Crippen LogP contribution in [-0.2, 0) is 0 Å². The number of nitrogens with zero attached hydrogens (tertiary/aromatic N) is 3. The molecule has 5 aromatic rings. The SMILES string of the molecule is BC(C)c1ccc2c(Cl)c(-n3c(N)nc4ccccc43)n(-c3ccccc3)c2c1. The number of nitrogens with two attached hydrogens (primary N) is 1. The molecule has 0 fully saturated rings. The lowest BCUT2D eigenvalue weighted by Crippen LogP contribution is -2.07. The van der Waals surface area contributed by atoms with Gasteiger partial charge in [0.15, 0.2) is 0 Å². The predicted molar refractivity (Wildman–Crippen MR) is 124 cm³/mol. The molecule has 0 spiro atoms. The van der Waals surface area contributed by atoms with Crippen LogP contribution in [0.1, 0.15) is 18.3 Å². The Morgan fingerprint density at radius 3 is 2.41 bits per heavy atom. The molecule has 0 aliphatic rings. The molecule has 2 heterocycles. The Bertz CT molecular complexity index is 1350. The number of fused-ring (bicyclic) bond motifs is 2. The molecular weight excluding hydrogens is 379 g/mol. The molecule has 0 saturated carbocycles. The van der Waals surface area contributed by atoms with Crippen molar-refractivity contribution < 1.29 is 0 Å². The van der Waals surface area contributed by atoms with Crippen molar-refractivity contribution in [2.45, 2.75) is 12.7 Å². The molecule has 5 rings (SSSR count). The van der Waals surface area contributed by atoms with E-state index >= 15 is 0 Å². The summed E-state index contributed by atoms with van der Waals surface area (Å²) >= 11 is 6.98. The fourth-order valence-electron chi connectivity index (χ4n) is 3.91. The van der Waals surface area contributed by atoms with E-state index in [4.69, 9.17) is 17.3 Å². The Kier molecular flexibility index (Phi) is 4.14. The first-order chi connectivity index (χ1) is 14.1. The molecule has 3 aromatic carbocycles. The number of hydrogen-bond donors (Lipinski definition) is 1. The lowest BCUT2D eigenvalue weighted by atomic mass is 9.83. The van der Waals surface area contributed by atoms with Crippen molar-refractivity contribution in [3.63, 3.8) is 0 Å². The summed E-state index contributed by atoms with van der Waals surface area (Å²) < 4.78 is 4.12. The number of anilines is 1. The second-order valence-corrected chi connectivity index (χ2v) is 7.91. The van der Waals surface area contributed by atoms with Gasteiger partial charge in [0.2, 0.25) is 5.95 Å². The van der Waals surface area contributed by atoms with E-state index < -0.39 is 0 Å². The highest BCUT2D eigenvalue weighted by atomic mass is 35.5. The van der Waals surface area contributed by atoms with Crippen LogP contribution >= 0.6 is 11.6 Å². The van der Waals surface area contributed by atoms with Gasteiger partial charge in [-0.05, 0) is 36.1 Å². The van der Waals surface area contributed by atoms with Gasteiger partial charge in [0.1, 0.15) is 13.7 Å². The van der Waals surface area contributed by atoms with Crippen LogP contribution in [0.4, 0.5) is 5.95 Å². The molecule has 0 amide bonds.